The van der Waals surface area contributed by atoms with Crippen LogP contribution in [0.25, 0.3) is 0 Å². The first-order chi connectivity index (χ1) is 5.99. The zero-order valence-corrected chi connectivity index (χ0v) is 8.37. The standard InChI is InChI=1S/C10H16N2O/c1-8-5-4-6-12-9(8)13-7-10(2,3)11/h4-6H,7,11H2,1-3H3. The van der Waals surface area contributed by atoms with Crippen molar-refractivity contribution < 1.29 is 4.74 Å². The molecule has 0 fully saturated rings. The lowest BCUT2D eigenvalue weighted by molar-refractivity contribution is 0.234. The highest BCUT2D eigenvalue weighted by molar-refractivity contribution is 5.23. The topological polar surface area (TPSA) is 48.1 Å². The molecule has 1 heterocycles. The van der Waals surface area contributed by atoms with Crippen LogP contribution < -0.4 is 10.5 Å². The van der Waals surface area contributed by atoms with Gasteiger partial charge in [0.1, 0.15) is 6.61 Å². The van der Waals surface area contributed by atoms with Gasteiger partial charge in [-0.2, -0.15) is 0 Å². The molecule has 1 rings (SSSR count). The number of hydrogen-bond donors (Lipinski definition) is 1. The van der Waals surface area contributed by atoms with Gasteiger partial charge in [0, 0.05) is 17.3 Å². The van der Waals surface area contributed by atoms with Crippen molar-refractivity contribution in [2.75, 3.05) is 6.61 Å². The molecule has 3 nitrogen and oxygen atoms in total. The molecular formula is C10H16N2O. The number of pyridine rings is 1. The van der Waals surface area contributed by atoms with Gasteiger partial charge in [0.25, 0.3) is 0 Å². The molecule has 72 valence electrons. The molecule has 0 aliphatic heterocycles. The van der Waals surface area contributed by atoms with Gasteiger partial charge in [-0.3, -0.25) is 0 Å². The minimum absolute atomic E-state index is 0.316. The van der Waals surface area contributed by atoms with Crippen molar-refractivity contribution in [2.24, 2.45) is 5.73 Å². The molecule has 0 saturated carbocycles. The van der Waals surface area contributed by atoms with Crippen LogP contribution in [0.2, 0.25) is 0 Å². The maximum absolute atomic E-state index is 5.78. The Morgan fingerprint density at radius 1 is 1.54 bits per heavy atom. The molecule has 2 N–H and O–H groups in total. The van der Waals surface area contributed by atoms with Crippen molar-refractivity contribution >= 4 is 0 Å². The Bertz CT molecular complexity index is 278. The summed E-state index contributed by atoms with van der Waals surface area (Å²) in [4.78, 5) is 4.10. The van der Waals surface area contributed by atoms with Crippen molar-refractivity contribution in [3.63, 3.8) is 0 Å². The van der Waals surface area contributed by atoms with Gasteiger partial charge >= 0.3 is 0 Å². The van der Waals surface area contributed by atoms with Gasteiger partial charge < -0.3 is 10.5 Å². The summed E-state index contributed by atoms with van der Waals surface area (Å²) < 4.78 is 5.47. The summed E-state index contributed by atoms with van der Waals surface area (Å²) >= 11 is 0. The van der Waals surface area contributed by atoms with Crippen molar-refractivity contribution in [1.82, 2.24) is 4.98 Å². The molecular weight excluding hydrogens is 164 g/mol. The second-order valence-electron chi connectivity index (χ2n) is 3.90. The lowest BCUT2D eigenvalue weighted by Crippen LogP contribution is -2.38. The summed E-state index contributed by atoms with van der Waals surface area (Å²) in [6, 6.07) is 3.85. The highest BCUT2D eigenvalue weighted by Gasteiger charge is 2.12. The van der Waals surface area contributed by atoms with Crippen molar-refractivity contribution in [3.05, 3.63) is 23.9 Å². The number of ether oxygens (including phenoxy) is 1. The van der Waals surface area contributed by atoms with E-state index in [2.05, 4.69) is 4.98 Å². The smallest absolute Gasteiger partial charge is 0.216 e. The monoisotopic (exact) mass is 180 g/mol. The summed E-state index contributed by atoms with van der Waals surface area (Å²) in [5.41, 5.74) is 6.50. The van der Waals surface area contributed by atoms with Crippen LogP contribution in [0.1, 0.15) is 19.4 Å². The number of nitrogens with two attached hydrogens (primary N) is 1. The van der Waals surface area contributed by atoms with Crippen LogP contribution in [0.3, 0.4) is 0 Å². The fourth-order valence-corrected chi connectivity index (χ4v) is 0.877. The summed E-state index contributed by atoms with van der Waals surface area (Å²) in [5, 5.41) is 0. The number of aryl methyl sites for hydroxylation is 1. The Kier molecular flexibility index (Phi) is 2.88. The van der Waals surface area contributed by atoms with E-state index in [1.54, 1.807) is 6.20 Å². The van der Waals surface area contributed by atoms with E-state index in [1.807, 2.05) is 32.9 Å². The molecule has 1 aromatic rings. The average Bonchev–Trinajstić information content (AvgIpc) is 2.01. The minimum Gasteiger partial charge on any atom is -0.476 e. The molecule has 0 saturated heterocycles. The Morgan fingerprint density at radius 3 is 2.77 bits per heavy atom. The van der Waals surface area contributed by atoms with Gasteiger partial charge in [-0.05, 0) is 26.8 Å². The van der Waals surface area contributed by atoms with Crippen LogP contribution in [0.5, 0.6) is 5.88 Å². The summed E-state index contributed by atoms with van der Waals surface area (Å²) in [5.74, 6) is 0.668. The van der Waals surface area contributed by atoms with E-state index >= 15 is 0 Å². The highest BCUT2D eigenvalue weighted by Crippen LogP contribution is 2.13. The fourth-order valence-electron chi connectivity index (χ4n) is 0.877. The van der Waals surface area contributed by atoms with Gasteiger partial charge in [0.15, 0.2) is 0 Å². The first kappa shape index (κ1) is 9.99. The zero-order valence-electron chi connectivity index (χ0n) is 8.37. The molecule has 0 radical (unpaired) electrons. The van der Waals surface area contributed by atoms with Gasteiger partial charge in [-0.1, -0.05) is 6.07 Å². The zero-order chi connectivity index (χ0) is 9.90. The molecule has 0 aromatic carbocycles. The maximum atomic E-state index is 5.78. The predicted octanol–water partition coefficient (Wildman–Crippen LogP) is 1.51. The van der Waals surface area contributed by atoms with E-state index in [9.17, 15) is 0 Å². The largest absolute Gasteiger partial charge is 0.476 e. The molecule has 0 bridgehead atoms. The Hall–Kier alpha value is -1.09. The first-order valence-electron chi connectivity index (χ1n) is 4.32. The van der Waals surface area contributed by atoms with E-state index in [0.717, 1.165) is 5.56 Å². The third kappa shape index (κ3) is 3.42. The summed E-state index contributed by atoms with van der Waals surface area (Å²) in [6.07, 6.45) is 1.71. The number of hydrogen-bond acceptors (Lipinski definition) is 3. The molecule has 0 unspecified atom stereocenters. The average molecular weight is 180 g/mol. The van der Waals surface area contributed by atoms with Crippen LogP contribution in [-0.4, -0.2) is 17.1 Å². The molecule has 3 heteroatoms. The lowest BCUT2D eigenvalue weighted by Gasteiger charge is -2.18. The molecule has 0 amide bonds. The highest BCUT2D eigenvalue weighted by atomic mass is 16.5. The quantitative estimate of drug-likeness (QED) is 0.767. The van der Waals surface area contributed by atoms with Crippen LogP contribution >= 0.6 is 0 Å². The SMILES string of the molecule is Cc1cccnc1OCC(C)(C)N. The molecule has 0 aliphatic carbocycles. The van der Waals surface area contributed by atoms with Crippen LogP contribution in [0.15, 0.2) is 18.3 Å². The second kappa shape index (κ2) is 3.75. The molecule has 0 spiro atoms. The van der Waals surface area contributed by atoms with Gasteiger partial charge in [0.05, 0.1) is 0 Å². The molecule has 0 atom stereocenters. The predicted molar refractivity (Wildman–Crippen MR) is 52.7 cm³/mol. The number of aromatic nitrogens is 1. The molecule has 13 heavy (non-hydrogen) atoms. The van der Waals surface area contributed by atoms with E-state index in [0.29, 0.717) is 12.5 Å². The van der Waals surface area contributed by atoms with Gasteiger partial charge in [-0.15, -0.1) is 0 Å². The van der Waals surface area contributed by atoms with Crippen LogP contribution in [-0.2, 0) is 0 Å². The number of rotatable bonds is 3. The first-order valence-corrected chi connectivity index (χ1v) is 4.32. The van der Waals surface area contributed by atoms with Crippen molar-refractivity contribution in [1.29, 1.82) is 0 Å². The van der Waals surface area contributed by atoms with E-state index < -0.39 is 0 Å². The van der Waals surface area contributed by atoms with E-state index in [-0.39, 0.29) is 5.54 Å². The second-order valence-corrected chi connectivity index (χ2v) is 3.90. The normalized spacial score (nSPS) is 11.4. The fraction of sp³-hybridized carbons (Fsp3) is 0.500. The third-order valence-corrected chi connectivity index (χ3v) is 1.54. The molecule has 0 aliphatic rings. The maximum Gasteiger partial charge on any atom is 0.216 e. The Morgan fingerprint density at radius 2 is 2.23 bits per heavy atom. The van der Waals surface area contributed by atoms with Crippen LogP contribution in [0.4, 0.5) is 0 Å². The summed E-state index contributed by atoms with van der Waals surface area (Å²) in [6.45, 7) is 6.28. The van der Waals surface area contributed by atoms with Crippen molar-refractivity contribution in [2.45, 2.75) is 26.3 Å². The van der Waals surface area contributed by atoms with Crippen LogP contribution in [0, 0.1) is 6.92 Å². The molecule has 1 aromatic heterocycles. The number of nitrogens with zero attached hydrogens (tertiary/aromatic N) is 1. The lowest BCUT2D eigenvalue weighted by atomic mass is 10.1. The van der Waals surface area contributed by atoms with Gasteiger partial charge in [-0.25, -0.2) is 4.98 Å². The van der Waals surface area contributed by atoms with E-state index in [4.69, 9.17) is 10.5 Å². The van der Waals surface area contributed by atoms with Crippen molar-refractivity contribution in [3.8, 4) is 5.88 Å². The summed E-state index contributed by atoms with van der Waals surface area (Å²) in [7, 11) is 0. The Labute approximate surface area is 78.9 Å². The Balaban J connectivity index is 2.60. The van der Waals surface area contributed by atoms with E-state index in [1.165, 1.54) is 0 Å². The third-order valence-electron chi connectivity index (χ3n) is 1.54. The minimum atomic E-state index is -0.316. The van der Waals surface area contributed by atoms with Gasteiger partial charge in [0.2, 0.25) is 5.88 Å².